The first-order valence-corrected chi connectivity index (χ1v) is 10.6. The summed E-state index contributed by atoms with van der Waals surface area (Å²) in [6.45, 7) is 0.847. The van der Waals surface area contributed by atoms with Crippen LogP contribution in [0.25, 0.3) is 0 Å². The molecule has 1 aromatic rings. The second-order valence-electron chi connectivity index (χ2n) is 7.12. The maximum atomic E-state index is 13.5. The van der Waals surface area contributed by atoms with E-state index in [9.17, 15) is 13.2 Å². The van der Waals surface area contributed by atoms with Crippen LogP contribution >= 0.6 is 0 Å². The van der Waals surface area contributed by atoms with Gasteiger partial charge in [0.05, 0.1) is 4.90 Å². The zero-order valence-corrected chi connectivity index (χ0v) is 15.6. The van der Waals surface area contributed by atoms with E-state index < -0.39 is 16.1 Å². The van der Waals surface area contributed by atoms with Crippen LogP contribution < -0.4 is 14.8 Å². The molecule has 0 radical (unpaired) electrons. The number of fused-ring (bicyclic) bond motifs is 2. The summed E-state index contributed by atoms with van der Waals surface area (Å²) in [4.78, 5) is 12.6. The molecular weight excluding hydrogens is 356 g/mol. The number of nitrogens with one attached hydrogen (secondary N) is 1. The van der Waals surface area contributed by atoms with E-state index in [1.54, 1.807) is 19.2 Å². The normalized spacial score (nSPS) is 28.4. The summed E-state index contributed by atoms with van der Waals surface area (Å²) in [7, 11) is -2.26. The predicted octanol–water partition coefficient (Wildman–Crippen LogP) is 1.53. The largest absolute Gasteiger partial charge is 0.486 e. The van der Waals surface area contributed by atoms with Gasteiger partial charge in [-0.05, 0) is 37.3 Å². The number of carbonyl (C=O) groups excluding carboxylic acids is 1. The monoisotopic (exact) mass is 380 g/mol. The van der Waals surface area contributed by atoms with E-state index in [2.05, 4.69) is 5.32 Å². The highest BCUT2D eigenvalue weighted by Crippen LogP contribution is 2.43. The molecule has 2 fully saturated rings. The Morgan fingerprint density at radius 3 is 2.65 bits per heavy atom. The molecule has 26 heavy (non-hydrogen) atoms. The number of ether oxygens (including phenoxy) is 2. The number of carbonyl (C=O) groups is 1. The van der Waals surface area contributed by atoms with Crippen molar-refractivity contribution in [2.24, 2.45) is 5.92 Å². The summed E-state index contributed by atoms with van der Waals surface area (Å²) in [5.74, 6) is 1.00. The summed E-state index contributed by atoms with van der Waals surface area (Å²) >= 11 is 0. The number of likely N-dealkylation sites (N-methyl/N-ethyl adjacent to an activating group) is 1. The van der Waals surface area contributed by atoms with Crippen molar-refractivity contribution >= 4 is 15.9 Å². The molecule has 4 rings (SSSR count). The van der Waals surface area contributed by atoms with Gasteiger partial charge in [-0.25, -0.2) is 8.42 Å². The van der Waals surface area contributed by atoms with E-state index in [1.165, 1.54) is 10.4 Å². The molecule has 1 saturated heterocycles. The quantitative estimate of drug-likeness (QED) is 0.860. The summed E-state index contributed by atoms with van der Waals surface area (Å²) in [6, 6.07) is 3.93. The van der Waals surface area contributed by atoms with Crippen LogP contribution in [-0.2, 0) is 14.8 Å². The fraction of sp³-hybridized carbons (Fsp3) is 0.611. The third-order valence-corrected chi connectivity index (χ3v) is 7.60. The molecule has 0 aromatic heterocycles. The molecule has 0 bridgehead atoms. The van der Waals surface area contributed by atoms with Gasteiger partial charge in [-0.3, -0.25) is 4.79 Å². The van der Waals surface area contributed by atoms with Crippen molar-refractivity contribution in [3.63, 3.8) is 0 Å². The van der Waals surface area contributed by atoms with E-state index in [0.717, 1.165) is 25.7 Å². The van der Waals surface area contributed by atoms with Crippen LogP contribution in [-0.4, -0.2) is 51.0 Å². The smallest absolute Gasteiger partial charge is 0.244 e. The number of amides is 1. The molecule has 7 nitrogen and oxygen atoms in total. The molecule has 2 heterocycles. The Kier molecular flexibility index (Phi) is 4.56. The van der Waals surface area contributed by atoms with Gasteiger partial charge >= 0.3 is 0 Å². The number of sulfonamides is 1. The summed E-state index contributed by atoms with van der Waals surface area (Å²) in [5, 5.41) is 2.63. The lowest BCUT2D eigenvalue weighted by molar-refractivity contribution is -0.123. The highest BCUT2D eigenvalue weighted by atomic mass is 32.2. The van der Waals surface area contributed by atoms with Crippen LogP contribution in [0.5, 0.6) is 11.5 Å². The number of benzene rings is 1. The standard InChI is InChI=1S/C18H24N2O5S/c1-19-18(21)15-10-12-4-2-3-5-14(12)20(15)26(22,23)13-6-7-16-17(11-13)25-9-8-24-16/h6-7,11-12,14-15H,2-5,8-10H2,1H3,(H,19,21)/t12-,14+,15+/m1/s1. The van der Waals surface area contributed by atoms with Crippen LogP contribution in [0.15, 0.2) is 23.1 Å². The average molecular weight is 380 g/mol. The van der Waals surface area contributed by atoms with Crippen molar-refractivity contribution in [3.8, 4) is 11.5 Å². The molecule has 1 aliphatic carbocycles. The second-order valence-corrected chi connectivity index (χ2v) is 8.96. The topological polar surface area (TPSA) is 84.9 Å². The van der Waals surface area contributed by atoms with Crippen molar-refractivity contribution in [2.75, 3.05) is 20.3 Å². The fourth-order valence-corrected chi connectivity index (χ4v) is 6.35. The Balaban J connectivity index is 1.73. The van der Waals surface area contributed by atoms with Crippen LogP contribution in [0.1, 0.15) is 32.1 Å². The molecule has 3 aliphatic rings. The zero-order valence-electron chi connectivity index (χ0n) is 14.8. The minimum Gasteiger partial charge on any atom is -0.486 e. The van der Waals surface area contributed by atoms with E-state index in [0.29, 0.717) is 31.1 Å². The highest BCUT2D eigenvalue weighted by Gasteiger charge is 2.50. The fourth-order valence-electron chi connectivity index (χ4n) is 4.46. The molecule has 1 saturated carbocycles. The minimum absolute atomic E-state index is 0.107. The second kappa shape index (κ2) is 6.74. The third-order valence-electron chi connectivity index (χ3n) is 5.67. The van der Waals surface area contributed by atoms with Crippen molar-refractivity contribution in [2.45, 2.75) is 49.1 Å². The van der Waals surface area contributed by atoms with Gasteiger partial charge in [-0.2, -0.15) is 4.31 Å². The Morgan fingerprint density at radius 1 is 1.15 bits per heavy atom. The number of hydrogen-bond donors (Lipinski definition) is 1. The van der Waals surface area contributed by atoms with Crippen LogP contribution in [0.3, 0.4) is 0 Å². The van der Waals surface area contributed by atoms with E-state index >= 15 is 0 Å². The average Bonchev–Trinajstić information content (AvgIpc) is 3.07. The summed E-state index contributed by atoms with van der Waals surface area (Å²) in [6.07, 6.45) is 4.47. The predicted molar refractivity (Wildman–Crippen MR) is 94.7 cm³/mol. The molecule has 2 aliphatic heterocycles. The first-order valence-electron chi connectivity index (χ1n) is 9.17. The first kappa shape index (κ1) is 17.6. The van der Waals surface area contributed by atoms with E-state index in [4.69, 9.17) is 9.47 Å². The van der Waals surface area contributed by atoms with Crippen molar-refractivity contribution in [1.29, 1.82) is 0 Å². The molecule has 8 heteroatoms. The molecular formula is C18H24N2O5S. The minimum atomic E-state index is -3.81. The first-order chi connectivity index (χ1) is 12.5. The maximum absolute atomic E-state index is 13.5. The molecule has 142 valence electrons. The van der Waals surface area contributed by atoms with Crippen LogP contribution in [0.4, 0.5) is 0 Å². The Morgan fingerprint density at radius 2 is 1.88 bits per heavy atom. The zero-order chi connectivity index (χ0) is 18.3. The highest BCUT2D eigenvalue weighted by molar-refractivity contribution is 7.89. The Labute approximate surface area is 153 Å². The van der Waals surface area contributed by atoms with Gasteiger partial charge in [0.1, 0.15) is 19.3 Å². The Hall–Kier alpha value is -1.80. The molecule has 0 unspecified atom stereocenters. The SMILES string of the molecule is CNC(=O)[C@@H]1C[C@H]2CCCC[C@@H]2N1S(=O)(=O)c1ccc2c(c1)OCCO2. The van der Waals surface area contributed by atoms with Gasteiger partial charge in [0, 0.05) is 19.2 Å². The van der Waals surface area contributed by atoms with E-state index in [1.807, 2.05) is 0 Å². The lowest BCUT2D eigenvalue weighted by Crippen LogP contribution is -2.48. The molecule has 1 aromatic carbocycles. The third kappa shape index (κ3) is 2.85. The molecule has 3 atom stereocenters. The molecule has 1 amide bonds. The molecule has 0 spiro atoms. The van der Waals surface area contributed by atoms with Gasteiger partial charge in [0.15, 0.2) is 11.5 Å². The van der Waals surface area contributed by atoms with Gasteiger partial charge in [0.25, 0.3) is 0 Å². The van der Waals surface area contributed by atoms with Crippen molar-refractivity contribution in [1.82, 2.24) is 9.62 Å². The lowest BCUT2D eigenvalue weighted by Gasteiger charge is -2.32. The van der Waals surface area contributed by atoms with E-state index in [-0.39, 0.29) is 22.8 Å². The Bertz CT molecular complexity index is 810. The summed E-state index contributed by atoms with van der Waals surface area (Å²) < 4.78 is 39.4. The van der Waals surface area contributed by atoms with Crippen molar-refractivity contribution < 1.29 is 22.7 Å². The number of hydrogen-bond acceptors (Lipinski definition) is 5. The van der Waals surface area contributed by atoms with Crippen molar-refractivity contribution in [3.05, 3.63) is 18.2 Å². The number of nitrogens with zero attached hydrogens (tertiary/aromatic N) is 1. The van der Waals surface area contributed by atoms with Crippen LogP contribution in [0.2, 0.25) is 0 Å². The maximum Gasteiger partial charge on any atom is 0.244 e. The van der Waals surface area contributed by atoms with Gasteiger partial charge in [-0.1, -0.05) is 12.8 Å². The lowest BCUT2D eigenvalue weighted by atomic mass is 9.85. The van der Waals surface area contributed by atoms with Gasteiger partial charge in [-0.15, -0.1) is 0 Å². The van der Waals surface area contributed by atoms with Gasteiger partial charge in [0.2, 0.25) is 15.9 Å². The molecule has 1 N–H and O–H groups in total. The number of rotatable bonds is 3. The van der Waals surface area contributed by atoms with Crippen LogP contribution in [0, 0.1) is 5.92 Å². The summed E-state index contributed by atoms with van der Waals surface area (Å²) in [5.41, 5.74) is 0. The van der Waals surface area contributed by atoms with Gasteiger partial charge < -0.3 is 14.8 Å².